The monoisotopic (exact) mass is 277 g/mol. The lowest BCUT2D eigenvalue weighted by atomic mass is 9.96. The van der Waals surface area contributed by atoms with Crippen molar-refractivity contribution < 1.29 is 5.11 Å². The first-order valence-corrected chi connectivity index (χ1v) is 7.58. The van der Waals surface area contributed by atoms with Gasteiger partial charge in [0.15, 0.2) is 0 Å². The second-order valence-electron chi connectivity index (χ2n) is 5.39. The van der Waals surface area contributed by atoms with Crippen LogP contribution in [0, 0.1) is 0 Å². The van der Waals surface area contributed by atoms with E-state index < -0.39 is 0 Å². The number of piperazine rings is 1. The summed E-state index contributed by atoms with van der Waals surface area (Å²) in [7, 11) is 0. The summed E-state index contributed by atoms with van der Waals surface area (Å²) in [5.74, 6) is 1.77. The minimum Gasteiger partial charge on any atom is -0.395 e. The number of hydrogen-bond acceptors (Lipinski definition) is 6. The molecule has 3 N–H and O–H groups in total. The molecule has 0 atom stereocenters. The van der Waals surface area contributed by atoms with Crippen LogP contribution >= 0.6 is 0 Å². The van der Waals surface area contributed by atoms with Crippen molar-refractivity contribution in [2.75, 3.05) is 49.5 Å². The maximum absolute atomic E-state index is 9.03. The van der Waals surface area contributed by atoms with Gasteiger partial charge in [-0.05, 0) is 25.7 Å². The molecular weight excluding hydrogens is 254 g/mol. The molecule has 6 heteroatoms. The number of aryl methyl sites for hydroxylation is 1. The number of nitrogens with one attached hydrogen (secondary N) is 2. The van der Waals surface area contributed by atoms with E-state index in [0.717, 1.165) is 50.8 Å². The molecule has 2 aliphatic rings. The summed E-state index contributed by atoms with van der Waals surface area (Å²) >= 11 is 0. The molecule has 0 aromatic carbocycles. The molecule has 3 rings (SSSR count). The second kappa shape index (κ2) is 6.37. The zero-order valence-electron chi connectivity index (χ0n) is 11.9. The van der Waals surface area contributed by atoms with Crippen molar-refractivity contribution in [1.29, 1.82) is 0 Å². The molecule has 1 saturated heterocycles. The average Bonchev–Trinajstić information content (AvgIpc) is 2.53. The number of aliphatic hydroxyl groups excluding tert-OH is 1. The van der Waals surface area contributed by atoms with Gasteiger partial charge in [0.05, 0.1) is 12.3 Å². The zero-order valence-corrected chi connectivity index (χ0v) is 11.9. The van der Waals surface area contributed by atoms with E-state index >= 15 is 0 Å². The topological polar surface area (TPSA) is 73.3 Å². The Kier molecular flexibility index (Phi) is 4.32. The highest BCUT2D eigenvalue weighted by atomic mass is 16.3. The molecule has 1 aliphatic heterocycles. The summed E-state index contributed by atoms with van der Waals surface area (Å²) in [5.41, 5.74) is 2.45. The zero-order chi connectivity index (χ0) is 13.8. The first-order chi connectivity index (χ1) is 9.88. The van der Waals surface area contributed by atoms with E-state index in [1.54, 1.807) is 0 Å². The third-order valence-electron chi connectivity index (χ3n) is 3.98. The third-order valence-corrected chi connectivity index (χ3v) is 3.98. The van der Waals surface area contributed by atoms with Gasteiger partial charge in [0.2, 0.25) is 5.95 Å². The van der Waals surface area contributed by atoms with Gasteiger partial charge in [0.1, 0.15) is 5.82 Å². The van der Waals surface area contributed by atoms with Gasteiger partial charge in [0, 0.05) is 38.3 Å². The fraction of sp³-hybridized carbons (Fsp3) is 0.714. The number of aromatic nitrogens is 2. The van der Waals surface area contributed by atoms with Crippen molar-refractivity contribution in [2.45, 2.75) is 25.7 Å². The second-order valence-corrected chi connectivity index (χ2v) is 5.39. The lowest BCUT2D eigenvalue weighted by Crippen LogP contribution is -2.44. The van der Waals surface area contributed by atoms with Gasteiger partial charge in [0.25, 0.3) is 0 Å². The van der Waals surface area contributed by atoms with Crippen molar-refractivity contribution in [1.82, 2.24) is 15.3 Å². The molecule has 0 spiro atoms. The van der Waals surface area contributed by atoms with Crippen molar-refractivity contribution in [3.05, 3.63) is 11.3 Å². The van der Waals surface area contributed by atoms with Gasteiger partial charge >= 0.3 is 0 Å². The SMILES string of the molecule is OCCNc1nc(N2CCNCC2)nc2c1CCCC2. The molecule has 1 fully saturated rings. The Morgan fingerprint density at radius 2 is 1.95 bits per heavy atom. The molecular formula is C14H23N5O. The number of rotatable bonds is 4. The molecule has 1 aliphatic carbocycles. The van der Waals surface area contributed by atoms with Crippen LogP contribution < -0.4 is 15.5 Å². The first kappa shape index (κ1) is 13.6. The molecule has 0 bridgehead atoms. The molecule has 20 heavy (non-hydrogen) atoms. The summed E-state index contributed by atoms with van der Waals surface area (Å²) < 4.78 is 0. The standard InChI is InChI=1S/C14H23N5O/c20-10-7-16-13-11-3-1-2-4-12(11)17-14(18-13)19-8-5-15-6-9-19/h15,20H,1-10H2,(H,16,17,18). The average molecular weight is 277 g/mol. The van der Waals surface area contributed by atoms with Crippen LogP contribution in [-0.2, 0) is 12.8 Å². The fourth-order valence-electron chi connectivity index (χ4n) is 2.91. The van der Waals surface area contributed by atoms with Crippen LogP contribution in [0.3, 0.4) is 0 Å². The largest absolute Gasteiger partial charge is 0.395 e. The number of aliphatic hydroxyl groups is 1. The van der Waals surface area contributed by atoms with Gasteiger partial charge in [-0.15, -0.1) is 0 Å². The highest BCUT2D eigenvalue weighted by Gasteiger charge is 2.21. The summed E-state index contributed by atoms with van der Waals surface area (Å²) in [6.45, 7) is 4.56. The molecule has 1 aromatic heterocycles. The number of fused-ring (bicyclic) bond motifs is 1. The Hall–Kier alpha value is -1.40. The molecule has 0 unspecified atom stereocenters. The number of nitrogens with zero attached hydrogens (tertiary/aromatic N) is 3. The van der Waals surface area contributed by atoms with Crippen LogP contribution in [0.25, 0.3) is 0 Å². The molecule has 1 aromatic rings. The van der Waals surface area contributed by atoms with Crippen LogP contribution in [0.4, 0.5) is 11.8 Å². The molecule has 6 nitrogen and oxygen atoms in total. The van der Waals surface area contributed by atoms with Crippen molar-refractivity contribution >= 4 is 11.8 Å². The van der Waals surface area contributed by atoms with Gasteiger partial charge in [-0.1, -0.05) is 0 Å². The van der Waals surface area contributed by atoms with E-state index in [0.29, 0.717) is 6.54 Å². The van der Waals surface area contributed by atoms with Crippen LogP contribution in [0.1, 0.15) is 24.1 Å². The Bertz CT molecular complexity index is 459. The van der Waals surface area contributed by atoms with E-state index in [1.165, 1.54) is 24.1 Å². The Balaban J connectivity index is 1.89. The van der Waals surface area contributed by atoms with Gasteiger partial charge in [-0.2, -0.15) is 4.98 Å². The van der Waals surface area contributed by atoms with Crippen LogP contribution in [0.15, 0.2) is 0 Å². The number of anilines is 2. The molecule has 0 radical (unpaired) electrons. The van der Waals surface area contributed by atoms with E-state index in [1.807, 2.05) is 0 Å². The van der Waals surface area contributed by atoms with Crippen molar-refractivity contribution in [2.24, 2.45) is 0 Å². The summed E-state index contributed by atoms with van der Waals surface area (Å²) in [5, 5.41) is 15.6. The van der Waals surface area contributed by atoms with Gasteiger partial charge in [-0.3, -0.25) is 0 Å². The fourth-order valence-corrected chi connectivity index (χ4v) is 2.91. The first-order valence-electron chi connectivity index (χ1n) is 7.58. The smallest absolute Gasteiger partial charge is 0.227 e. The lowest BCUT2D eigenvalue weighted by molar-refractivity contribution is 0.311. The summed E-state index contributed by atoms with van der Waals surface area (Å²) in [6.07, 6.45) is 4.51. The quantitative estimate of drug-likeness (QED) is 0.728. The summed E-state index contributed by atoms with van der Waals surface area (Å²) in [4.78, 5) is 11.7. The maximum atomic E-state index is 9.03. The normalized spacial score (nSPS) is 18.8. The van der Waals surface area contributed by atoms with Gasteiger partial charge in [-0.25, -0.2) is 4.98 Å². The Morgan fingerprint density at radius 3 is 2.75 bits per heavy atom. The number of hydrogen-bond donors (Lipinski definition) is 3. The predicted octanol–water partition coefficient (Wildman–Crippen LogP) is 0.169. The van der Waals surface area contributed by atoms with Crippen LogP contribution in [0.5, 0.6) is 0 Å². The lowest BCUT2D eigenvalue weighted by Gasteiger charge is -2.29. The Labute approximate surface area is 119 Å². The summed E-state index contributed by atoms with van der Waals surface area (Å²) in [6, 6.07) is 0. The van der Waals surface area contributed by atoms with Crippen LogP contribution in [0.2, 0.25) is 0 Å². The highest BCUT2D eigenvalue weighted by molar-refractivity contribution is 5.52. The van der Waals surface area contributed by atoms with E-state index in [9.17, 15) is 0 Å². The molecule has 0 saturated carbocycles. The van der Waals surface area contributed by atoms with Crippen LogP contribution in [-0.4, -0.2) is 54.4 Å². The van der Waals surface area contributed by atoms with E-state index in [2.05, 4.69) is 15.5 Å². The minimum absolute atomic E-state index is 0.127. The maximum Gasteiger partial charge on any atom is 0.227 e. The minimum atomic E-state index is 0.127. The predicted molar refractivity (Wildman–Crippen MR) is 79.3 cm³/mol. The van der Waals surface area contributed by atoms with Crippen molar-refractivity contribution in [3.8, 4) is 0 Å². The van der Waals surface area contributed by atoms with E-state index in [-0.39, 0.29) is 6.61 Å². The molecule has 110 valence electrons. The molecule has 0 amide bonds. The Morgan fingerprint density at radius 1 is 1.15 bits per heavy atom. The van der Waals surface area contributed by atoms with Gasteiger partial charge < -0.3 is 20.6 Å². The van der Waals surface area contributed by atoms with Crippen molar-refractivity contribution in [3.63, 3.8) is 0 Å². The third kappa shape index (κ3) is 2.86. The highest BCUT2D eigenvalue weighted by Crippen LogP contribution is 2.27. The molecule has 2 heterocycles. The van der Waals surface area contributed by atoms with E-state index in [4.69, 9.17) is 15.1 Å².